The SMILES string of the molecule is COC(=O)CC(NC(=O)Cn1cnc2ccc(Br)cc2c1=O)c1ccc(Cl)cc1. The predicted octanol–water partition coefficient (Wildman–Crippen LogP) is 3.23. The second-order valence-electron chi connectivity index (χ2n) is 6.29. The number of halogens is 2. The molecule has 0 fully saturated rings. The van der Waals surface area contributed by atoms with Crippen LogP contribution in [0.4, 0.5) is 0 Å². The zero-order valence-corrected chi connectivity index (χ0v) is 17.7. The number of nitrogens with one attached hydrogen (secondary N) is 1. The standard InChI is InChI=1S/C20H17BrClN3O4/c1-29-19(27)9-17(12-2-5-14(22)6-3-12)24-18(26)10-25-11-23-16-7-4-13(21)8-15(16)20(25)28/h2-8,11,17H,9-10H2,1H3,(H,24,26). The second-order valence-corrected chi connectivity index (χ2v) is 7.64. The number of esters is 1. The van der Waals surface area contributed by atoms with Crippen LogP contribution in [0.2, 0.25) is 5.02 Å². The van der Waals surface area contributed by atoms with E-state index in [1.54, 1.807) is 42.5 Å². The molecule has 3 aromatic rings. The number of hydrogen-bond donors (Lipinski definition) is 1. The first-order valence-electron chi connectivity index (χ1n) is 8.63. The first-order chi connectivity index (χ1) is 13.9. The number of carbonyl (C=O) groups excluding carboxylic acids is 2. The van der Waals surface area contributed by atoms with Gasteiger partial charge in [0.25, 0.3) is 5.56 Å². The molecule has 1 heterocycles. The number of aromatic nitrogens is 2. The van der Waals surface area contributed by atoms with Crippen molar-refractivity contribution in [2.45, 2.75) is 19.0 Å². The summed E-state index contributed by atoms with van der Waals surface area (Å²) in [6.07, 6.45) is 1.28. The molecule has 0 radical (unpaired) electrons. The van der Waals surface area contributed by atoms with Crippen molar-refractivity contribution in [3.63, 3.8) is 0 Å². The highest BCUT2D eigenvalue weighted by atomic mass is 79.9. The average molecular weight is 479 g/mol. The molecule has 29 heavy (non-hydrogen) atoms. The summed E-state index contributed by atoms with van der Waals surface area (Å²) in [6.45, 7) is -0.237. The Morgan fingerprint density at radius 1 is 1.24 bits per heavy atom. The van der Waals surface area contributed by atoms with Gasteiger partial charge < -0.3 is 10.1 Å². The summed E-state index contributed by atoms with van der Waals surface area (Å²) >= 11 is 9.24. The molecule has 0 saturated heterocycles. The Morgan fingerprint density at radius 3 is 2.66 bits per heavy atom. The lowest BCUT2D eigenvalue weighted by Crippen LogP contribution is -2.35. The molecule has 0 aliphatic rings. The zero-order chi connectivity index (χ0) is 21.0. The van der Waals surface area contributed by atoms with Crippen molar-refractivity contribution < 1.29 is 14.3 Å². The summed E-state index contributed by atoms with van der Waals surface area (Å²) in [4.78, 5) is 41.3. The number of carbonyl (C=O) groups is 2. The van der Waals surface area contributed by atoms with Crippen molar-refractivity contribution in [3.8, 4) is 0 Å². The lowest BCUT2D eigenvalue weighted by Gasteiger charge is -2.19. The maximum Gasteiger partial charge on any atom is 0.307 e. The number of rotatable bonds is 6. The number of amides is 1. The van der Waals surface area contributed by atoms with Gasteiger partial charge in [-0.25, -0.2) is 4.98 Å². The van der Waals surface area contributed by atoms with Gasteiger partial charge in [-0.2, -0.15) is 0 Å². The van der Waals surface area contributed by atoms with Crippen molar-refractivity contribution in [2.75, 3.05) is 7.11 Å². The topological polar surface area (TPSA) is 90.3 Å². The lowest BCUT2D eigenvalue weighted by molar-refractivity contribution is -0.141. The Labute approximate surface area is 179 Å². The molecule has 0 bridgehead atoms. The van der Waals surface area contributed by atoms with Crippen LogP contribution in [0.3, 0.4) is 0 Å². The molecule has 150 valence electrons. The van der Waals surface area contributed by atoms with Gasteiger partial charge in [-0.3, -0.25) is 19.0 Å². The molecular formula is C20H17BrClN3O4. The number of hydrogen-bond acceptors (Lipinski definition) is 5. The third-order valence-electron chi connectivity index (χ3n) is 4.31. The summed E-state index contributed by atoms with van der Waals surface area (Å²) in [5.41, 5.74) is 0.906. The fourth-order valence-electron chi connectivity index (χ4n) is 2.84. The third-order valence-corrected chi connectivity index (χ3v) is 5.05. The van der Waals surface area contributed by atoms with Gasteiger partial charge in [-0.1, -0.05) is 39.7 Å². The van der Waals surface area contributed by atoms with E-state index in [1.165, 1.54) is 18.0 Å². The normalized spacial score (nSPS) is 11.8. The highest BCUT2D eigenvalue weighted by Gasteiger charge is 2.19. The second kappa shape index (κ2) is 9.19. The van der Waals surface area contributed by atoms with Gasteiger partial charge in [0.1, 0.15) is 6.54 Å². The molecule has 0 aliphatic carbocycles. The van der Waals surface area contributed by atoms with E-state index in [0.717, 1.165) is 4.47 Å². The fourth-order valence-corrected chi connectivity index (χ4v) is 3.32. The van der Waals surface area contributed by atoms with Gasteiger partial charge >= 0.3 is 5.97 Å². The van der Waals surface area contributed by atoms with E-state index < -0.39 is 17.9 Å². The molecule has 0 aliphatic heterocycles. The number of nitrogens with zero attached hydrogens (tertiary/aromatic N) is 2. The molecular weight excluding hydrogens is 462 g/mol. The van der Waals surface area contributed by atoms with Crippen molar-refractivity contribution in [2.24, 2.45) is 0 Å². The molecule has 7 nitrogen and oxygen atoms in total. The van der Waals surface area contributed by atoms with Crippen LogP contribution < -0.4 is 10.9 Å². The van der Waals surface area contributed by atoms with Crippen LogP contribution in [0.1, 0.15) is 18.0 Å². The minimum atomic E-state index is -0.620. The number of benzene rings is 2. The third kappa shape index (κ3) is 5.21. The van der Waals surface area contributed by atoms with Crippen molar-refractivity contribution >= 4 is 50.3 Å². The van der Waals surface area contributed by atoms with Crippen LogP contribution >= 0.6 is 27.5 Å². The fraction of sp³-hybridized carbons (Fsp3) is 0.200. The van der Waals surface area contributed by atoms with E-state index in [1.807, 2.05) is 0 Å². The highest BCUT2D eigenvalue weighted by Crippen LogP contribution is 2.20. The van der Waals surface area contributed by atoms with Crippen LogP contribution in [0.25, 0.3) is 10.9 Å². The zero-order valence-electron chi connectivity index (χ0n) is 15.4. The lowest BCUT2D eigenvalue weighted by atomic mass is 10.0. The predicted molar refractivity (Wildman–Crippen MR) is 113 cm³/mol. The average Bonchev–Trinajstić information content (AvgIpc) is 2.70. The Bertz CT molecular complexity index is 1110. The van der Waals surface area contributed by atoms with E-state index in [4.69, 9.17) is 16.3 Å². The van der Waals surface area contributed by atoms with Gasteiger partial charge in [0.2, 0.25) is 5.91 Å². The molecule has 1 unspecified atom stereocenters. The summed E-state index contributed by atoms with van der Waals surface area (Å²) in [5, 5.41) is 3.71. The van der Waals surface area contributed by atoms with Gasteiger partial charge in [0, 0.05) is 9.50 Å². The summed E-state index contributed by atoms with van der Waals surface area (Å²) in [7, 11) is 1.28. The Balaban J connectivity index is 1.82. The van der Waals surface area contributed by atoms with Crippen molar-refractivity contribution in [1.82, 2.24) is 14.9 Å². The molecule has 2 aromatic carbocycles. The monoisotopic (exact) mass is 477 g/mol. The van der Waals surface area contributed by atoms with Gasteiger partial charge in [0.05, 0.1) is 36.8 Å². The molecule has 1 aromatic heterocycles. The van der Waals surface area contributed by atoms with E-state index >= 15 is 0 Å². The van der Waals surface area contributed by atoms with E-state index in [-0.39, 0.29) is 18.5 Å². The van der Waals surface area contributed by atoms with E-state index in [9.17, 15) is 14.4 Å². The first kappa shape index (κ1) is 21.0. The minimum absolute atomic E-state index is 0.0539. The van der Waals surface area contributed by atoms with Gasteiger partial charge in [-0.05, 0) is 35.9 Å². The van der Waals surface area contributed by atoms with Gasteiger partial charge in [0.15, 0.2) is 0 Å². The number of methoxy groups -OCH3 is 1. The van der Waals surface area contributed by atoms with Gasteiger partial charge in [-0.15, -0.1) is 0 Å². The van der Waals surface area contributed by atoms with Crippen LogP contribution in [0, 0.1) is 0 Å². The van der Waals surface area contributed by atoms with Crippen molar-refractivity contribution in [1.29, 1.82) is 0 Å². The summed E-state index contributed by atoms with van der Waals surface area (Å²) in [6, 6.07) is 11.3. The molecule has 9 heteroatoms. The molecule has 1 atom stereocenters. The van der Waals surface area contributed by atoms with Crippen molar-refractivity contribution in [3.05, 3.63) is 74.2 Å². The molecule has 1 N–H and O–H groups in total. The molecule has 0 spiro atoms. The number of ether oxygens (including phenoxy) is 1. The maximum absolute atomic E-state index is 12.7. The van der Waals surface area contributed by atoms with Crippen LogP contribution in [0.15, 0.2) is 58.1 Å². The van der Waals surface area contributed by atoms with Crippen LogP contribution in [-0.2, 0) is 20.9 Å². The Hall–Kier alpha value is -2.71. The Morgan fingerprint density at radius 2 is 1.97 bits per heavy atom. The summed E-state index contributed by atoms with van der Waals surface area (Å²) < 4.78 is 6.68. The van der Waals surface area contributed by atoms with Crippen LogP contribution in [-0.4, -0.2) is 28.5 Å². The minimum Gasteiger partial charge on any atom is -0.469 e. The quantitative estimate of drug-likeness (QED) is 0.549. The smallest absolute Gasteiger partial charge is 0.307 e. The molecule has 0 saturated carbocycles. The maximum atomic E-state index is 12.7. The largest absolute Gasteiger partial charge is 0.469 e. The molecule has 1 amide bonds. The van der Waals surface area contributed by atoms with E-state index in [0.29, 0.717) is 21.5 Å². The highest BCUT2D eigenvalue weighted by molar-refractivity contribution is 9.10. The number of fused-ring (bicyclic) bond motifs is 1. The van der Waals surface area contributed by atoms with Crippen LogP contribution in [0.5, 0.6) is 0 Å². The first-order valence-corrected chi connectivity index (χ1v) is 9.81. The summed E-state index contributed by atoms with van der Waals surface area (Å²) in [5.74, 6) is -0.910. The van der Waals surface area contributed by atoms with E-state index in [2.05, 4.69) is 26.2 Å². The Kier molecular flexibility index (Phi) is 6.66. The molecule has 3 rings (SSSR count).